The van der Waals surface area contributed by atoms with Gasteiger partial charge in [0.25, 0.3) is 0 Å². The van der Waals surface area contributed by atoms with E-state index in [2.05, 4.69) is 0 Å². The topological polar surface area (TPSA) is 44.8 Å². The van der Waals surface area contributed by atoms with E-state index < -0.39 is 0 Å². The van der Waals surface area contributed by atoms with E-state index in [1.165, 1.54) is 0 Å². The van der Waals surface area contributed by atoms with Crippen LogP contribution in [0.1, 0.15) is 6.92 Å². The number of nitrogens with one attached hydrogen (secondary N) is 1. The van der Waals surface area contributed by atoms with Crippen molar-refractivity contribution in [3.05, 3.63) is 0 Å². The van der Waals surface area contributed by atoms with Crippen LogP contribution in [0, 0.1) is 0 Å². The van der Waals surface area contributed by atoms with Crippen LogP contribution >= 0.6 is 0 Å². The van der Waals surface area contributed by atoms with Crippen molar-refractivity contribution in [1.82, 2.24) is 5.48 Å². The van der Waals surface area contributed by atoms with Crippen LogP contribution in [0.25, 0.3) is 0 Å². The third-order valence-electron chi connectivity index (χ3n) is 0.838. The molecule has 1 heterocycles. The Morgan fingerprint density at radius 1 is 1.83 bits per heavy atom. The molecule has 6 heavy (non-hydrogen) atoms. The average molecular weight is 89.1 g/mol. The first-order chi connectivity index (χ1) is 2.84. The first-order valence-corrected chi connectivity index (χ1v) is 1.89. The summed E-state index contributed by atoms with van der Waals surface area (Å²) >= 11 is 0. The van der Waals surface area contributed by atoms with Gasteiger partial charge in [0.15, 0.2) is 6.23 Å². The molecule has 0 aromatic rings. The summed E-state index contributed by atoms with van der Waals surface area (Å²) in [6.45, 7) is 1.88. The van der Waals surface area contributed by atoms with Gasteiger partial charge < -0.3 is 9.94 Å². The lowest BCUT2D eigenvalue weighted by Crippen LogP contribution is -2.12. The zero-order valence-corrected chi connectivity index (χ0v) is 3.51. The molecule has 1 rings (SSSR count). The molecule has 1 saturated heterocycles. The fourth-order valence-electron chi connectivity index (χ4n) is 0.321. The second kappa shape index (κ2) is 1.18. The zero-order chi connectivity index (χ0) is 4.57. The van der Waals surface area contributed by atoms with Gasteiger partial charge in [-0.2, -0.15) is 5.48 Å². The third kappa shape index (κ3) is 0.518. The molecule has 0 radical (unpaired) electrons. The van der Waals surface area contributed by atoms with Gasteiger partial charge >= 0.3 is 0 Å². The Bertz CT molecular complexity index is 54.8. The van der Waals surface area contributed by atoms with Gasteiger partial charge in [0.2, 0.25) is 0 Å². The number of hydroxylamine groups is 1. The molecular formula is C3H7NO2. The van der Waals surface area contributed by atoms with Crippen molar-refractivity contribution in [3.8, 4) is 0 Å². The van der Waals surface area contributed by atoms with Crippen molar-refractivity contribution in [3.63, 3.8) is 0 Å². The van der Waals surface area contributed by atoms with Crippen LogP contribution in [0.2, 0.25) is 0 Å². The summed E-state index contributed by atoms with van der Waals surface area (Å²) in [7, 11) is 0. The van der Waals surface area contributed by atoms with Gasteiger partial charge in [0, 0.05) is 0 Å². The van der Waals surface area contributed by atoms with E-state index in [-0.39, 0.29) is 12.3 Å². The van der Waals surface area contributed by atoms with E-state index in [0.29, 0.717) is 0 Å². The highest BCUT2D eigenvalue weighted by molar-refractivity contribution is 4.73. The van der Waals surface area contributed by atoms with Crippen LogP contribution in [-0.4, -0.2) is 17.5 Å². The van der Waals surface area contributed by atoms with Crippen LogP contribution < -0.4 is 5.48 Å². The summed E-state index contributed by atoms with van der Waals surface area (Å²) in [6.07, 6.45) is 0.111. The van der Waals surface area contributed by atoms with Gasteiger partial charge in [0.05, 0.1) is 6.10 Å². The maximum absolute atomic E-state index is 8.00. The Morgan fingerprint density at radius 2 is 2.33 bits per heavy atom. The number of ether oxygens (including phenoxy) is 1. The summed E-state index contributed by atoms with van der Waals surface area (Å²) in [5.74, 6) is 0. The molecule has 0 spiro atoms. The molecule has 0 amide bonds. The Balaban J connectivity index is 2.09. The maximum Gasteiger partial charge on any atom is 0.156 e. The molecule has 0 bridgehead atoms. The monoisotopic (exact) mass is 89.0 g/mol. The normalized spacial score (nSPS) is 43.0. The Labute approximate surface area is 35.9 Å². The summed E-state index contributed by atoms with van der Waals surface area (Å²) in [4.78, 5) is 0. The molecular weight excluding hydrogens is 82.0 g/mol. The number of rotatable bonds is 1. The van der Waals surface area contributed by atoms with Crippen LogP contribution in [0.4, 0.5) is 0 Å². The van der Waals surface area contributed by atoms with Gasteiger partial charge in [-0.15, -0.1) is 0 Å². The molecule has 0 saturated carbocycles. The lowest BCUT2D eigenvalue weighted by molar-refractivity contribution is 0.119. The SMILES string of the molecule is CC1OC1NO. The van der Waals surface area contributed by atoms with Gasteiger partial charge in [-0.1, -0.05) is 0 Å². The number of epoxide rings is 1. The van der Waals surface area contributed by atoms with Crippen LogP contribution in [-0.2, 0) is 4.74 Å². The van der Waals surface area contributed by atoms with Crippen LogP contribution in [0.5, 0.6) is 0 Å². The highest BCUT2D eigenvalue weighted by atomic mass is 16.7. The van der Waals surface area contributed by atoms with Gasteiger partial charge in [-0.05, 0) is 6.92 Å². The average Bonchev–Trinajstić information content (AvgIpc) is 2.19. The molecule has 2 atom stereocenters. The lowest BCUT2D eigenvalue weighted by Gasteiger charge is -1.78. The highest BCUT2D eigenvalue weighted by Crippen LogP contribution is 2.15. The molecule has 36 valence electrons. The minimum atomic E-state index is -0.0926. The Morgan fingerprint density at radius 3 is 2.33 bits per heavy atom. The summed E-state index contributed by atoms with van der Waals surface area (Å²) in [5, 5.41) is 8.00. The Hall–Kier alpha value is -0.120. The summed E-state index contributed by atoms with van der Waals surface area (Å²) in [5.41, 5.74) is 1.97. The second-order valence-electron chi connectivity index (χ2n) is 1.39. The molecule has 0 aromatic heterocycles. The molecule has 0 aliphatic carbocycles. The summed E-state index contributed by atoms with van der Waals surface area (Å²) in [6, 6.07) is 0. The molecule has 2 N–H and O–H groups in total. The van der Waals surface area contributed by atoms with E-state index in [9.17, 15) is 0 Å². The Kier molecular flexibility index (Phi) is 0.799. The van der Waals surface area contributed by atoms with Crippen molar-refractivity contribution in [1.29, 1.82) is 0 Å². The fourth-order valence-corrected chi connectivity index (χ4v) is 0.321. The van der Waals surface area contributed by atoms with Crippen LogP contribution in [0.3, 0.4) is 0 Å². The fraction of sp³-hybridized carbons (Fsp3) is 1.00. The molecule has 1 aliphatic heterocycles. The highest BCUT2D eigenvalue weighted by Gasteiger charge is 2.33. The van der Waals surface area contributed by atoms with Gasteiger partial charge in [-0.3, -0.25) is 0 Å². The van der Waals surface area contributed by atoms with Crippen molar-refractivity contribution >= 4 is 0 Å². The van der Waals surface area contributed by atoms with E-state index in [4.69, 9.17) is 9.94 Å². The number of hydrogen-bond donors (Lipinski definition) is 2. The lowest BCUT2D eigenvalue weighted by atomic mass is 10.5. The first kappa shape index (κ1) is 4.05. The minimum absolute atomic E-state index is 0.0926. The predicted octanol–water partition coefficient (Wildman–Crippen LogP) is -0.290. The minimum Gasteiger partial charge on any atom is -0.351 e. The standard InChI is InChI=1S/C3H7NO2/c1-2-3(4-5)6-2/h2-5H,1H3. The third-order valence-corrected chi connectivity index (χ3v) is 0.838. The number of hydrogen-bond acceptors (Lipinski definition) is 3. The molecule has 3 nitrogen and oxygen atoms in total. The van der Waals surface area contributed by atoms with Crippen molar-refractivity contribution in [2.75, 3.05) is 0 Å². The summed E-state index contributed by atoms with van der Waals surface area (Å²) < 4.78 is 4.70. The van der Waals surface area contributed by atoms with E-state index >= 15 is 0 Å². The van der Waals surface area contributed by atoms with E-state index in [0.717, 1.165) is 0 Å². The first-order valence-electron chi connectivity index (χ1n) is 1.89. The molecule has 1 aliphatic rings. The molecule has 2 unspecified atom stereocenters. The second-order valence-corrected chi connectivity index (χ2v) is 1.39. The smallest absolute Gasteiger partial charge is 0.156 e. The van der Waals surface area contributed by atoms with Crippen LogP contribution in [0.15, 0.2) is 0 Å². The largest absolute Gasteiger partial charge is 0.351 e. The quantitative estimate of drug-likeness (QED) is 0.342. The van der Waals surface area contributed by atoms with Crippen molar-refractivity contribution in [2.24, 2.45) is 0 Å². The molecule has 1 fully saturated rings. The van der Waals surface area contributed by atoms with E-state index in [1.807, 2.05) is 12.4 Å². The van der Waals surface area contributed by atoms with Gasteiger partial charge in [-0.25, -0.2) is 0 Å². The molecule has 0 aromatic carbocycles. The van der Waals surface area contributed by atoms with Crippen molar-refractivity contribution < 1.29 is 9.94 Å². The van der Waals surface area contributed by atoms with Gasteiger partial charge in [0.1, 0.15) is 0 Å². The van der Waals surface area contributed by atoms with Crippen molar-refractivity contribution in [2.45, 2.75) is 19.3 Å². The molecule has 3 heteroatoms. The predicted molar refractivity (Wildman–Crippen MR) is 19.3 cm³/mol. The van der Waals surface area contributed by atoms with E-state index in [1.54, 1.807) is 0 Å². The zero-order valence-electron chi connectivity index (χ0n) is 3.51. The maximum atomic E-state index is 8.00.